The van der Waals surface area contributed by atoms with Gasteiger partial charge in [-0.2, -0.15) is 0 Å². The molecule has 0 amide bonds. The molecule has 5 nitrogen and oxygen atoms in total. The molecule has 0 saturated carbocycles. The van der Waals surface area contributed by atoms with Crippen molar-refractivity contribution in [3.63, 3.8) is 0 Å². The zero-order valence-electron chi connectivity index (χ0n) is 7.14. The number of aliphatic hydroxyl groups is 2. The maximum Gasteiger partial charge on any atom is 0.186 e. The molecule has 12 heavy (non-hydrogen) atoms. The first-order valence-corrected chi connectivity index (χ1v) is 3.74. The van der Waals surface area contributed by atoms with Crippen LogP contribution in [0.25, 0.3) is 0 Å². The normalized spacial score (nSPS) is 42.0. The average molecular weight is 178 g/mol. The number of ether oxygens (including phenoxy) is 3. The molecular formula is C7H14O5. The molecule has 0 aliphatic carbocycles. The van der Waals surface area contributed by atoms with Crippen LogP contribution in [0.4, 0.5) is 0 Å². The van der Waals surface area contributed by atoms with E-state index in [9.17, 15) is 5.11 Å². The largest absolute Gasteiger partial charge is 0.394 e. The molecule has 0 bridgehead atoms. The molecule has 0 aromatic carbocycles. The number of hydrogen-bond acceptors (Lipinski definition) is 5. The lowest BCUT2D eigenvalue weighted by atomic mass is 10.1. The Hall–Kier alpha value is -0.200. The van der Waals surface area contributed by atoms with Crippen molar-refractivity contribution in [2.45, 2.75) is 24.6 Å². The lowest BCUT2D eigenvalue weighted by Crippen LogP contribution is -2.35. The molecule has 1 heterocycles. The first-order chi connectivity index (χ1) is 5.74. The van der Waals surface area contributed by atoms with Gasteiger partial charge < -0.3 is 24.4 Å². The second-order valence-electron chi connectivity index (χ2n) is 2.65. The number of aliphatic hydroxyl groups excluding tert-OH is 2. The molecular weight excluding hydrogens is 164 g/mol. The fourth-order valence-corrected chi connectivity index (χ4v) is 1.29. The first kappa shape index (κ1) is 9.88. The van der Waals surface area contributed by atoms with E-state index >= 15 is 0 Å². The third kappa shape index (κ3) is 1.60. The van der Waals surface area contributed by atoms with Gasteiger partial charge in [0.15, 0.2) is 6.29 Å². The Balaban J connectivity index is 2.58. The molecule has 5 heteroatoms. The van der Waals surface area contributed by atoms with Gasteiger partial charge in [-0.15, -0.1) is 0 Å². The standard InChI is InChI=1S/C7H14O5/c1-10-6-5(9)4(3-8)12-7(6)11-2/h4-9H,3H2,1-2H3/t4-,5-,6-,7?/m1/s1. The smallest absolute Gasteiger partial charge is 0.186 e. The molecule has 1 aliphatic heterocycles. The maximum atomic E-state index is 9.46. The topological polar surface area (TPSA) is 68.2 Å². The second kappa shape index (κ2) is 4.15. The minimum absolute atomic E-state index is 0.235. The van der Waals surface area contributed by atoms with Crippen molar-refractivity contribution in [2.75, 3.05) is 20.8 Å². The lowest BCUT2D eigenvalue weighted by molar-refractivity contribution is -0.159. The van der Waals surface area contributed by atoms with E-state index in [1.165, 1.54) is 14.2 Å². The summed E-state index contributed by atoms with van der Waals surface area (Å²) in [5, 5.41) is 18.2. The van der Waals surface area contributed by atoms with Gasteiger partial charge >= 0.3 is 0 Å². The molecule has 1 saturated heterocycles. The Bertz CT molecular complexity index is 138. The SMILES string of the molecule is COC1O[C@H](CO)[C@@H](O)[C@H]1OC. The fraction of sp³-hybridized carbons (Fsp3) is 1.00. The van der Waals surface area contributed by atoms with Crippen LogP contribution in [-0.4, -0.2) is 55.6 Å². The zero-order chi connectivity index (χ0) is 9.14. The van der Waals surface area contributed by atoms with Crippen molar-refractivity contribution in [1.29, 1.82) is 0 Å². The number of hydrogen-bond donors (Lipinski definition) is 2. The van der Waals surface area contributed by atoms with Gasteiger partial charge in [0.25, 0.3) is 0 Å². The van der Waals surface area contributed by atoms with Gasteiger partial charge in [0.2, 0.25) is 0 Å². The van der Waals surface area contributed by atoms with E-state index in [2.05, 4.69) is 0 Å². The molecule has 4 atom stereocenters. The molecule has 0 aromatic rings. The highest BCUT2D eigenvalue weighted by molar-refractivity contribution is 4.87. The van der Waals surface area contributed by atoms with Crippen LogP contribution in [0.2, 0.25) is 0 Å². The van der Waals surface area contributed by atoms with Gasteiger partial charge in [0.1, 0.15) is 18.3 Å². The molecule has 0 radical (unpaired) electrons. The average Bonchev–Trinajstić information content (AvgIpc) is 2.41. The van der Waals surface area contributed by atoms with E-state index in [0.717, 1.165) is 0 Å². The monoisotopic (exact) mass is 178 g/mol. The Morgan fingerprint density at radius 2 is 2.00 bits per heavy atom. The van der Waals surface area contributed by atoms with Gasteiger partial charge in [-0.05, 0) is 0 Å². The first-order valence-electron chi connectivity index (χ1n) is 3.74. The highest BCUT2D eigenvalue weighted by Gasteiger charge is 2.43. The quantitative estimate of drug-likeness (QED) is 0.563. The van der Waals surface area contributed by atoms with E-state index in [1.807, 2.05) is 0 Å². The fourth-order valence-electron chi connectivity index (χ4n) is 1.29. The lowest BCUT2D eigenvalue weighted by Gasteiger charge is -2.16. The summed E-state index contributed by atoms with van der Waals surface area (Å²) in [4.78, 5) is 0. The zero-order valence-corrected chi connectivity index (χ0v) is 7.14. The molecule has 1 rings (SSSR count). The van der Waals surface area contributed by atoms with Gasteiger partial charge in [-0.3, -0.25) is 0 Å². The third-order valence-corrected chi connectivity index (χ3v) is 1.98. The summed E-state index contributed by atoms with van der Waals surface area (Å²) in [5.41, 5.74) is 0. The van der Waals surface area contributed by atoms with E-state index in [-0.39, 0.29) is 6.61 Å². The maximum absolute atomic E-state index is 9.46. The predicted octanol–water partition coefficient (Wildman–Crippen LogP) is -1.27. The van der Waals surface area contributed by atoms with Crippen LogP contribution in [0, 0.1) is 0 Å². The number of rotatable bonds is 3. The van der Waals surface area contributed by atoms with E-state index in [0.29, 0.717) is 0 Å². The van der Waals surface area contributed by atoms with E-state index in [1.54, 1.807) is 0 Å². The predicted molar refractivity (Wildman–Crippen MR) is 39.6 cm³/mol. The van der Waals surface area contributed by atoms with E-state index in [4.69, 9.17) is 19.3 Å². The van der Waals surface area contributed by atoms with Crippen molar-refractivity contribution in [3.05, 3.63) is 0 Å². The Morgan fingerprint density at radius 1 is 1.33 bits per heavy atom. The Kier molecular flexibility index (Phi) is 3.42. The van der Waals surface area contributed by atoms with Crippen LogP contribution < -0.4 is 0 Å². The molecule has 1 fully saturated rings. The van der Waals surface area contributed by atoms with Gasteiger partial charge in [-0.25, -0.2) is 0 Å². The van der Waals surface area contributed by atoms with Gasteiger partial charge in [0, 0.05) is 14.2 Å². The summed E-state index contributed by atoms with van der Waals surface area (Å²) in [7, 11) is 2.92. The molecule has 1 aliphatic rings. The summed E-state index contributed by atoms with van der Waals surface area (Å²) >= 11 is 0. The second-order valence-corrected chi connectivity index (χ2v) is 2.65. The van der Waals surface area contributed by atoms with Crippen molar-refractivity contribution >= 4 is 0 Å². The Labute approximate surface area is 70.9 Å². The highest BCUT2D eigenvalue weighted by atomic mass is 16.7. The summed E-state index contributed by atoms with van der Waals surface area (Å²) in [6.45, 7) is -0.235. The summed E-state index contributed by atoms with van der Waals surface area (Å²) in [6, 6.07) is 0. The summed E-state index contributed by atoms with van der Waals surface area (Å²) < 4.78 is 15.0. The highest BCUT2D eigenvalue weighted by Crippen LogP contribution is 2.23. The van der Waals surface area contributed by atoms with Crippen LogP contribution in [-0.2, 0) is 14.2 Å². The van der Waals surface area contributed by atoms with Crippen LogP contribution in [0.15, 0.2) is 0 Å². The molecule has 2 N–H and O–H groups in total. The minimum atomic E-state index is -0.829. The molecule has 72 valence electrons. The van der Waals surface area contributed by atoms with Gasteiger partial charge in [-0.1, -0.05) is 0 Å². The summed E-state index contributed by atoms with van der Waals surface area (Å²) in [6.07, 6.45) is -2.56. The van der Waals surface area contributed by atoms with E-state index < -0.39 is 24.6 Å². The van der Waals surface area contributed by atoms with Crippen molar-refractivity contribution in [1.82, 2.24) is 0 Å². The van der Waals surface area contributed by atoms with Crippen molar-refractivity contribution < 1.29 is 24.4 Å². The third-order valence-electron chi connectivity index (χ3n) is 1.98. The molecule has 1 unspecified atom stereocenters. The summed E-state index contributed by atoms with van der Waals surface area (Å²) in [5.74, 6) is 0. The van der Waals surface area contributed by atoms with Crippen LogP contribution in [0.1, 0.15) is 0 Å². The molecule has 0 spiro atoms. The van der Waals surface area contributed by atoms with Crippen molar-refractivity contribution in [3.8, 4) is 0 Å². The van der Waals surface area contributed by atoms with Crippen LogP contribution in [0.3, 0.4) is 0 Å². The van der Waals surface area contributed by atoms with Crippen molar-refractivity contribution in [2.24, 2.45) is 0 Å². The molecule has 0 aromatic heterocycles. The van der Waals surface area contributed by atoms with Crippen LogP contribution >= 0.6 is 0 Å². The Morgan fingerprint density at radius 3 is 2.33 bits per heavy atom. The number of methoxy groups -OCH3 is 2. The van der Waals surface area contributed by atoms with Crippen LogP contribution in [0.5, 0.6) is 0 Å². The van der Waals surface area contributed by atoms with Gasteiger partial charge in [0.05, 0.1) is 6.61 Å². The minimum Gasteiger partial charge on any atom is -0.394 e.